The van der Waals surface area contributed by atoms with E-state index in [2.05, 4.69) is 62.5 Å². The van der Waals surface area contributed by atoms with Gasteiger partial charge >= 0.3 is 11.9 Å². The Kier molecular flexibility index (Phi) is 62.9. The largest absolute Gasteiger partial charge is 0.756 e. The third-order valence-corrected chi connectivity index (χ3v) is 17.1. The van der Waals surface area contributed by atoms with Gasteiger partial charge < -0.3 is 27.9 Å². The van der Waals surface area contributed by atoms with Gasteiger partial charge in [-0.25, -0.2) is 0 Å². The number of carbonyl (C=O) groups excluding carboxylic acids is 2. The van der Waals surface area contributed by atoms with Crippen LogP contribution in [0.1, 0.15) is 354 Å². The number of carbonyl (C=O) groups is 2. The van der Waals surface area contributed by atoms with Crippen LogP contribution in [0.2, 0.25) is 0 Å². The predicted molar refractivity (Wildman–Crippen MR) is 356 cm³/mol. The highest BCUT2D eigenvalue weighted by atomic mass is 31.2. The molecule has 0 spiro atoms. The third kappa shape index (κ3) is 68.9. The molecule has 0 heterocycles. The number of rotatable bonds is 67. The average molecular weight is 1190 g/mol. The molecular formula is C73H138NO8P. The van der Waals surface area contributed by atoms with E-state index in [0.717, 1.165) is 57.8 Å². The highest BCUT2D eigenvalue weighted by Crippen LogP contribution is 2.38. The molecule has 0 aliphatic heterocycles. The van der Waals surface area contributed by atoms with E-state index in [9.17, 15) is 19.0 Å². The Balaban J connectivity index is 3.90. The summed E-state index contributed by atoms with van der Waals surface area (Å²) < 4.78 is 34.3. The van der Waals surface area contributed by atoms with Crippen LogP contribution in [-0.4, -0.2) is 70.0 Å². The molecule has 2 unspecified atom stereocenters. The second kappa shape index (κ2) is 64.4. The molecule has 0 N–H and O–H groups in total. The fraction of sp³-hybridized carbons (Fsp3) is 0.863. The zero-order valence-electron chi connectivity index (χ0n) is 55.7. The molecule has 0 aromatic rings. The van der Waals surface area contributed by atoms with Gasteiger partial charge in [-0.3, -0.25) is 14.2 Å². The smallest absolute Gasteiger partial charge is 0.306 e. The quantitative estimate of drug-likeness (QED) is 0.0195. The highest BCUT2D eigenvalue weighted by molar-refractivity contribution is 7.45. The number of likely N-dealkylation sites (N-methyl/N-ethyl adjacent to an activating group) is 1. The van der Waals surface area contributed by atoms with Gasteiger partial charge in [0.25, 0.3) is 7.82 Å². The topological polar surface area (TPSA) is 111 Å². The zero-order chi connectivity index (χ0) is 60.5. The number of unbranched alkanes of at least 4 members (excludes halogenated alkanes) is 45. The first-order valence-corrected chi connectivity index (χ1v) is 37.3. The Hall–Kier alpha value is -2.03. The summed E-state index contributed by atoms with van der Waals surface area (Å²) in [4.78, 5) is 38.0. The molecule has 0 aromatic carbocycles. The van der Waals surface area contributed by atoms with E-state index in [0.29, 0.717) is 17.4 Å². The monoisotopic (exact) mass is 1190 g/mol. The molecule has 0 aromatic heterocycles. The van der Waals surface area contributed by atoms with Gasteiger partial charge in [-0.15, -0.1) is 0 Å². The van der Waals surface area contributed by atoms with Crippen LogP contribution in [0.5, 0.6) is 0 Å². The van der Waals surface area contributed by atoms with E-state index in [4.69, 9.17) is 18.5 Å². The standard InChI is InChI=1S/C73H138NO8P/c1-6-8-10-12-14-16-18-20-22-24-26-28-29-30-31-32-33-34-35-36-37-38-39-40-41-42-43-44-45-46-48-50-52-54-56-58-60-62-64-66-73(76)82-71(70-81-83(77,78)80-68-67-74(3,4)5)69-79-72(75)65-63-61-59-57-55-53-51-49-47-27-25-23-21-19-17-15-13-11-9-7-2/h8,10,14,16,20,22,26,28,71H,6-7,9,11-13,15,17-19,21,23-25,27,29-70H2,1-5H3/b10-8-,16-14-,22-20-,28-26-. The van der Waals surface area contributed by atoms with Crippen molar-refractivity contribution >= 4 is 19.8 Å². The Morgan fingerprint density at radius 2 is 0.687 bits per heavy atom. The van der Waals surface area contributed by atoms with Crippen molar-refractivity contribution in [2.24, 2.45) is 0 Å². The number of hydrogen-bond acceptors (Lipinski definition) is 8. The summed E-state index contributed by atoms with van der Waals surface area (Å²) in [5, 5.41) is 0. The van der Waals surface area contributed by atoms with Crippen molar-refractivity contribution in [2.75, 3.05) is 47.5 Å². The molecule has 0 radical (unpaired) electrons. The van der Waals surface area contributed by atoms with E-state index in [1.165, 1.54) is 263 Å². The second-order valence-electron chi connectivity index (χ2n) is 25.6. The average Bonchev–Trinajstić information content (AvgIpc) is 3.48. The summed E-state index contributed by atoms with van der Waals surface area (Å²) in [5.41, 5.74) is 0. The lowest BCUT2D eigenvalue weighted by Gasteiger charge is -2.28. The van der Waals surface area contributed by atoms with E-state index in [-0.39, 0.29) is 32.0 Å². The van der Waals surface area contributed by atoms with Gasteiger partial charge in [0.2, 0.25) is 0 Å². The number of phosphoric ester groups is 1. The van der Waals surface area contributed by atoms with E-state index in [1.54, 1.807) is 0 Å². The number of esters is 2. The molecule has 0 fully saturated rings. The summed E-state index contributed by atoms with van der Waals surface area (Å²) in [6, 6.07) is 0. The zero-order valence-corrected chi connectivity index (χ0v) is 56.6. The normalized spacial score (nSPS) is 13.4. The van der Waals surface area contributed by atoms with Crippen molar-refractivity contribution in [1.29, 1.82) is 0 Å². The summed E-state index contributed by atoms with van der Waals surface area (Å²) in [6.07, 6.45) is 83.5. The van der Waals surface area contributed by atoms with Crippen LogP contribution >= 0.6 is 7.82 Å². The minimum atomic E-state index is -4.64. The minimum Gasteiger partial charge on any atom is -0.756 e. The van der Waals surface area contributed by atoms with Crippen molar-refractivity contribution < 1.29 is 42.1 Å². The maximum atomic E-state index is 12.9. The van der Waals surface area contributed by atoms with E-state index in [1.807, 2.05) is 21.1 Å². The van der Waals surface area contributed by atoms with Crippen molar-refractivity contribution in [3.05, 3.63) is 48.6 Å². The molecule has 0 aliphatic rings. The summed E-state index contributed by atoms with van der Waals surface area (Å²) in [5.74, 6) is -0.810. The molecule has 2 atom stereocenters. The van der Waals surface area contributed by atoms with E-state index < -0.39 is 26.5 Å². The Bertz CT molecular complexity index is 1540. The molecule has 0 aliphatic carbocycles. The fourth-order valence-corrected chi connectivity index (χ4v) is 11.4. The third-order valence-electron chi connectivity index (χ3n) is 16.1. The number of hydrogen-bond donors (Lipinski definition) is 0. The summed E-state index contributed by atoms with van der Waals surface area (Å²) in [7, 11) is 1.19. The van der Waals surface area contributed by atoms with Gasteiger partial charge in [0.1, 0.15) is 19.8 Å². The lowest BCUT2D eigenvalue weighted by Crippen LogP contribution is -2.37. The maximum absolute atomic E-state index is 12.9. The number of quaternary nitrogens is 1. The molecule has 83 heavy (non-hydrogen) atoms. The lowest BCUT2D eigenvalue weighted by molar-refractivity contribution is -0.870. The van der Waals surface area contributed by atoms with Gasteiger partial charge in [-0.1, -0.05) is 339 Å². The van der Waals surface area contributed by atoms with Crippen LogP contribution in [0, 0.1) is 0 Å². The molecule has 0 saturated heterocycles. The molecule has 0 amide bonds. The molecule has 10 heteroatoms. The second-order valence-corrected chi connectivity index (χ2v) is 27.0. The Labute approximate surface area is 515 Å². The van der Waals surface area contributed by atoms with Crippen LogP contribution in [0.25, 0.3) is 0 Å². The van der Waals surface area contributed by atoms with Crippen LogP contribution in [0.4, 0.5) is 0 Å². The summed E-state index contributed by atoms with van der Waals surface area (Å²) >= 11 is 0. The predicted octanol–water partition coefficient (Wildman–Crippen LogP) is 22.6. The SMILES string of the molecule is CC/C=C\C/C=C\C/C=C\C/C=C\CCCCCCCCCCCCCCCCCCCCCCCCCCCCC(=O)OC(COC(=O)CCCCCCCCCCCCCCCCCCCCCC)COP(=O)([O-])OCC[N+](C)(C)C. The van der Waals surface area contributed by atoms with Gasteiger partial charge in [-0.2, -0.15) is 0 Å². The van der Waals surface area contributed by atoms with Crippen LogP contribution in [-0.2, 0) is 32.7 Å². The maximum Gasteiger partial charge on any atom is 0.306 e. The first kappa shape index (κ1) is 81.0. The van der Waals surface area contributed by atoms with Gasteiger partial charge in [0.05, 0.1) is 27.7 Å². The number of phosphoric acid groups is 1. The van der Waals surface area contributed by atoms with Gasteiger partial charge in [0.15, 0.2) is 6.10 Å². The molecule has 488 valence electrons. The Morgan fingerprint density at radius 3 is 1.02 bits per heavy atom. The number of nitrogens with zero attached hydrogens (tertiary/aromatic N) is 1. The molecule has 0 saturated carbocycles. The minimum absolute atomic E-state index is 0.0271. The van der Waals surface area contributed by atoms with Gasteiger partial charge in [0, 0.05) is 12.8 Å². The van der Waals surface area contributed by atoms with Crippen LogP contribution < -0.4 is 4.89 Å². The molecule has 0 rings (SSSR count). The van der Waals surface area contributed by atoms with Gasteiger partial charge in [-0.05, 0) is 51.4 Å². The van der Waals surface area contributed by atoms with Crippen molar-refractivity contribution in [3.8, 4) is 0 Å². The first-order valence-electron chi connectivity index (χ1n) is 35.8. The van der Waals surface area contributed by atoms with E-state index >= 15 is 0 Å². The van der Waals surface area contributed by atoms with Crippen molar-refractivity contribution in [3.63, 3.8) is 0 Å². The summed E-state index contributed by atoms with van der Waals surface area (Å²) in [6.45, 7) is 4.20. The first-order chi connectivity index (χ1) is 40.5. The number of allylic oxidation sites excluding steroid dienone is 8. The fourth-order valence-electron chi connectivity index (χ4n) is 10.7. The Morgan fingerprint density at radius 1 is 0.386 bits per heavy atom. The van der Waals surface area contributed by atoms with Crippen LogP contribution in [0.3, 0.4) is 0 Å². The highest BCUT2D eigenvalue weighted by Gasteiger charge is 2.22. The lowest BCUT2D eigenvalue weighted by atomic mass is 10.0. The van der Waals surface area contributed by atoms with Crippen LogP contribution in [0.15, 0.2) is 48.6 Å². The molecular weight excluding hydrogens is 1050 g/mol. The number of ether oxygens (including phenoxy) is 2. The molecule has 9 nitrogen and oxygen atoms in total. The van der Waals surface area contributed by atoms with Crippen molar-refractivity contribution in [2.45, 2.75) is 360 Å². The van der Waals surface area contributed by atoms with Crippen molar-refractivity contribution in [1.82, 2.24) is 0 Å². The molecule has 0 bridgehead atoms.